The Morgan fingerprint density at radius 2 is 1.47 bits per heavy atom. The Morgan fingerprint density at radius 1 is 1.06 bits per heavy atom. The first kappa shape index (κ1) is 19.3. The maximum absolute atomic E-state index is 10.9. The molecule has 9 heteroatoms. The molecular formula is C8H13KO8. The number of ether oxygens (including phenoxy) is 1. The van der Waals surface area contributed by atoms with Crippen LogP contribution in [0.1, 0.15) is 14.3 Å². The van der Waals surface area contributed by atoms with Crippen LogP contribution >= 0.6 is 0 Å². The Balaban J connectivity index is -0.00000112. The molecule has 0 atom stereocenters. The van der Waals surface area contributed by atoms with Crippen LogP contribution in [-0.4, -0.2) is 57.1 Å². The summed E-state index contributed by atoms with van der Waals surface area (Å²) in [6.45, 7) is -0.985. The van der Waals surface area contributed by atoms with E-state index in [0.717, 1.165) is 0 Å². The second-order valence-electron chi connectivity index (χ2n) is 3.01. The van der Waals surface area contributed by atoms with Crippen molar-refractivity contribution >= 4 is 17.9 Å². The van der Waals surface area contributed by atoms with Crippen LogP contribution in [0.15, 0.2) is 0 Å². The number of rotatable bonds is 8. The molecule has 0 spiro atoms. The minimum absolute atomic E-state index is 0. The van der Waals surface area contributed by atoms with Gasteiger partial charge in [0.05, 0.1) is 26.1 Å². The topological polar surface area (TPSA) is 141 Å². The van der Waals surface area contributed by atoms with Gasteiger partial charge < -0.3 is 26.6 Å². The fraction of sp³-hybridized carbons (Fsp3) is 0.625. The zero-order valence-corrected chi connectivity index (χ0v) is 12.4. The SMILES string of the molecule is O=C(O)CC(CC(=O)O)(OCCO)C(=O)O.[H-].[K+]. The number of carboxylic acid groups (broad SMARTS) is 3. The van der Waals surface area contributed by atoms with Crippen molar-refractivity contribution < 1.29 is 92.4 Å². The van der Waals surface area contributed by atoms with Crippen LogP contribution in [0.5, 0.6) is 0 Å². The molecule has 0 bridgehead atoms. The Labute approximate surface area is 140 Å². The average Bonchev–Trinajstić information content (AvgIpc) is 2.11. The van der Waals surface area contributed by atoms with Gasteiger partial charge in [-0.25, -0.2) is 4.79 Å². The summed E-state index contributed by atoms with van der Waals surface area (Å²) in [4.78, 5) is 31.8. The van der Waals surface area contributed by atoms with E-state index in [0.29, 0.717) is 0 Å². The summed E-state index contributed by atoms with van der Waals surface area (Å²) in [5, 5.41) is 34.3. The second kappa shape index (κ2) is 8.97. The molecule has 0 saturated carbocycles. The van der Waals surface area contributed by atoms with E-state index in [2.05, 4.69) is 4.74 Å². The van der Waals surface area contributed by atoms with E-state index in [9.17, 15) is 14.4 Å². The molecule has 0 aliphatic carbocycles. The fourth-order valence-electron chi connectivity index (χ4n) is 1.11. The molecule has 0 aromatic rings. The van der Waals surface area contributed by atoms with E-state index in [4.69, 9.17) is 20.4 Å². The first-order valence-electron chi connectivity index (χ1n) is 4.26. The molecule has 0 aromatic carbocycles. The number of carboxylic acids is 3. The molecule has 0 rings (SSSR count). The molecule has 8 nitrogen and oxygen atoms in total. The summed E-state index contributed by atoms with van der Waals surface area (Å²) in [6, 6.07) is 0. The molecule has 94 valence electrons. The third-order valence-electron chi connectivity index (χ3n) is 1.73. The van der Waals surface area contributed by atoms with Crippen molar-refractivity contribution in [3.63, 3.8) is 0 Å². The number of hydrogen-bond acceptors (Lipinski definition) is 5. The quantitative estimate of drug-likeness (QED) is 0.328. The van der Waals surface area contributed by atoms with E-state index >= 15 is 0 Å². The minimum Gasteiger partial charge on any atom is -1.00 e. The van der Waals surface area contributed by atoms with Crippen molar-refractivity contribution in [1.29, 1.82) is 0 Å². The van der Waals surface area contributed by atoms with Crippen molar-refractivity contribution in [3.05, 3.63) is 0 Å². The van der Waals surface area contributed by atoms with Gasteiger partial charge in [-0.1, -0.05) is 0 Å². The zero-order valence-electron chi connectivity index (χ0n) is 10.3. The molecule has 0 aliphatic heterocycles. The van der Waals surface area contributed by atoms with Crippen molar-refractivity contribution in [3.8, 4) is 0 Å². The van der Waals surface area contributed by atoms with Gasteiger partial charge in [-0.2, -0.15) is 0 Å². The molecule has 0 aliphatic rings. The maximum atomic E-state index is 10.9. The Kier molecular flexibility index (Phi) is 10.2. The number of aliphatic carboxylic acids is 3. The molecule has 0 unspecified atom stereocenters. The van der Waals surface area contributed by atoms with Crippen LogP contribution in [0.25, 0.3) is 0 Å². The third-order valence-corrected chi connectivity index (χ3v) is 1.73. The van der Waals surface area contributed by atoms with Crippen molar-refractivity contribution in [2.24, 2.45) is 0 Å². The first-order valence-corrected chi connectivity index (χ1v) is 4.26. The molecule has 0 radical (unpaired) electrons. The van der Waals surface area contributed by atoms with Gasteiger partial charge in [0, 0.05) is 0 Å². The van der Waals surface area contributed by atoms with Gasteiger partial charge in [-0.15, -0.1) is 0 Å². The Morgan fingerprint density at radius 3 is 1.71 bits per heavy atom. The van der Waals surface area contributed by atoms with Gasteiger partial charge in [0.1, 0.15) is 0 Å². The van der Waals surface area contributed by atoms with Crippen molar-refractivity contribution in [2.75, 3.05) is 13.2 Å². The van der Waals surface area contributed by atoms with Gasteiger partial charge >= 0.3 is 69.3 Å². The largest absolute Gasteiger partial charge is 1.00 e. The predicted molar refractivity (Wildman–Crippen MR) is 49.0 cm³/mol. The summed E-state index contributed by atoms with van der Waals surface area (Å²) in [5.74, 6) is -4.69. The fourth-order valence-corrected chi connectivity index (χ4v) is 1.11. The van der Waals surface area contributed by atoms with Crippen LogP contribution in [0, 0.1) is 0 Å². The second-order valence-corrected chi connectivity index (χ2v) is 3.01. The number of aliphatic hydroxyl groups excluding tert-OH is 1. The third kappa shape index (κ3) is 7.08. The first-order chi connectivity index (χ1) is 7.34. The molecule has 0 amide bonds. The number of carbonyl (C=O) groups is 3. The van der Waals surface area contributed by atoms with E-state index in [-0.39, 0.29) is 52.8 Å². The van der Waals surface area contributed by atoms with Crippen LogP contribution in [0.2, 0.25) is 0 Å². The van der Waals surface area contributed by atoms with E-state index in [1.807, 2.05) is 0 Å². The molecule has 17 heavy (non-hydrogen) atoms. The van der Waals surface area contributed by atoms with Gasteiger partial charge in [-0.05, 0) is 0 Å². The van der Waals surface area contributed by atoms with Gasteiger partial charge in [0.15, 0.2) is 5.60 Å². The zero-order chi connectivity index (χ0) is 12.8. The monoisotopic (exact) mass is 276 g/mol. The average molecular weight is 276 g/mol. The summed E-state index contributed by atoms with van der Waals surface area (Å²) in [6.07, 6.45) is -1.98. The molecule has 0 saturated heterocycles. The number of aliphatic hydroxyl groups is 1. The molecule has 0 heterocycles. The molecule has 0 fully saturated rings. The van der Waals surface area contributed by atoms with E-state index in [1.165, 1.54) is 0 Å². The van der Waals surface area contributed by atoms with Crippen LogP contribution in [0.4, 0.5) is 0 Å². The smallest absolute Gasteiger partial charge is 1.00 e. The summed E-state index contributed by atoms with van der Waals surface area (Å²) >= 11 is 0. The summed E-state index contributed by atoms with van der Waals surface area (Å²) in [5.41, 5.74) is -2.35. The summed E-state index contributed by atoms with van der Waals surface area (Å²) < 4.78 is 4.65. The maximum Gasteiger partial charge on any atom is 1.00 e. The summed E-state index contributed by atoms with van der Waals surface area (Å²) in [7, 11) is 0. The van der Waals surface area contributed by atoms with E-state index in [1.54, 1.807) is 0 Å². The predicted octanol–water partition coefficient (Wildman–Crippen LogP) is -4.12. The molecule has 0 aromatic heterocycles. The van der Waals surface area contributed by atoms with Crippen LogP contribution in [0.3, 0.4) is 0 Å². The van der Waals surface area contributed by atoms with Crippen molar-refractivity contribution in [1.82, 2.24) is 0 Å². The normalized spacial score (nSPS) is 10.4. The van der Waals surface area contributed by atoms with Gasteiger partial charge in [0.25, 0.3) is 0 Å². The van der Waals surface area contributed by atoms with E-state index < -0.39 is 49.6 Å². The minimum atomic E-state index is -2.35. The van der Waals surface area contributed by atoms with Crippen molar-refractivity contribution in [2.45, 2.75) is 18.4 Å². The van der Waals surface area contributed by atoms with Gasteiger partial charge in [-0.3, -0.25) is 9.59 Å². The Hall–Kier alpha value is -0.0336. The Bertz CT molecular complexity index is 279. The van der Waals surface area contributed by atoms with Gasteiger partial charge in [0.2, 0.25) is 0 Å². The standard InChI is InChI=1S/C8H12O8.K.H/c9-1-2-16-8(7(14)15,3-5(10)11)4-6(12)13;;/h9H,1-4H2,(H,10,11)(H,12,13)(H,14,15);;/q;+1;-1. The molecule has 4 N–H and O–H groups in total. The van der Waals surface area contributed by atoms with Crippen LogP contribution < -0.4 is 51.4 Å². The molecular weight excluding hydrogens is 263 g/mol. The number of hydrogen-bond donors (Lipinski definition) is 4. The van der Waals surface area contributed by atoms with Crippen LogP contribution in [-0.2, 0) is 19.1 Å².